The van der Waals surface area contributed by atoms with Gasteiger partial charge in [-0.3, -0.25) is 0 Å². The third-order valence-electron chi connectivity index (χ3n) is 3.38. The molecule has 0 aliphatic heterocycles. The fourth-order valence-corrected chi connectivity index (χ4v) is 2.80. The van der Waals surface area contributed by atoms with E-state index in [0.29, 0.717) is 5.92 Å². The van der Waals surface area contributed by atoms with E-state index in [-0.39, 0.29) is 6.10 Å². The molecule has 1 aliphatic rings. The molecule has 0 saturated heterocycles. The zero-order valence-corrected chi connectivity index (χ0v) is 12.3. The average molecular weight is 314 g/mol. The van der Waals surface area contributed by atoms with Crippen LogP contribution in [0, 0.1) is 5.92 Å². The summed E-state index contributed by atoms with van der Waals surface area (Å²) in [6.07, 6.45) is 4.93. The normalized spacial score (nSPS) is 23.3. The van der Waals surface area contributed by atoms with Crippen LogP contribution in [-0.2, 0) is 6.42 Å². The monoisotopic (exact) mass is 313 g/mol. The van der Waals surface area contributed by atoms with Gasteiger partial charge in [-0.1, -0.05) is 13.3 Å². The number of aromatic nitrogens is 2. The number of nitrogens with zero attached hydrogens (tertiary/aromatic N) is 2. The second-order valence-electron chi connectivity index (χ2n) is 4.88. The molecule has 1 aromatic heterocycles. The van der Waals surface area contributed by atoms with Gasteiger partial charge in [0.2, 0.25) is 0 Å². The summed E-state index contributed by atoms with van der Waals surface area (Å²) in [5, 5.41) is 13.1. The van der Waals surface area contributed by atoms with Crippen LogP contribution >= 0.6 is 15.9 Å². The largest absolute Gasteiger partial charge is 0.393 e. The van der Waals surface area contributed by atoms with Gasteiger partial charge in [0.25, 0.3) is 0 Å². The van der Waals surface area contributed by atoms with E-state index in [0.717, 1.165) is 54.9 Å². The highest BCUT2D eigenvalue weighted by atomic mass is 79.9. The zero-order valence-electron chi connectivity index (χ0n) is 10.7. The van der Waals surface area contributed by atoms with Crippen molar-refractivity contribution in [1.29, 1.82) is 0 Å². The molecule has 0 radical (unpaired) electrons. The first kappa shape index (κ1) is 13.7. The summed E-state index contributed by atoms with van der Waals surface area (Å²) in [4.78, 5) is 8.81. The molecule has 5 heteroatoms. The Balaban J connectivity index is 1.95. The van der Waals surface area contributed by atoms with E-state index in [9.17, 15) is 5.11 Å². The van der Waals surface area contributed by atoms with Crippen molar-refractivity contribution < 1.29 is 5.11 Å². The SMILES string of the molecule is CCCc1nc(Br)cc(NCC2CCCC2O)n1. The highest BCUT2D eigenvalue weighted by Gasteiger charge is 2.24. The number of aliphatic hydroxyl groups excluding tert-OH is 1. The Kier molecular flexibility index (Phi) is 4.95. The summed E-state index contributed by atoms with van der Waals surface area (Å²) in [7, 11) is 0. The van der Waals surface area contributed by atoms with E-state index in [2.05, 4.69) is 38.1 Å². The van der Waals surface area contributed by atoms with Crippen LogP contribution in [0.3, 0.4) is 0 Å². The fraction of sp³-hybridized carbons (Fsp3) is 0.692. The Hall–Kier alpha value is -0.680. The predicted octanol–water partition coefficient (Wildman–Crippen LogP) is 2.76. The first-order valence-corrected chi connectivity index (χ1v) is 7.43. The molecular weight excluding hydrogens is 294 g/mol. The number of aliphatic hydroxyl groups is 1. The quantitative estimate of drug-likeness (QED) is 0.821. The molecule has 0 aromatic carbocycles. The van der Waals surface area contributed by atoms with E-state index >= 15 is 0 Å². The average Bonchev–Trinajstić information content (AvgIpc) is 2.72. The van der Waals surface area contributed by atoms with Gasteiger partial charge in [0.1, 0.15) is 16.2 Å². The van der Waals surface area contributed by atoms with Gasteiger partial charge in [-0.25, -0.2) is 9.97 Å². The molecule has 1 fully saturated rings. The molecule has 0 bridgehead atoms. The lowest BCUT2D eigenvalue weighted by atomic mass is 10.1. The minimum atomic E-state index is -0.155. The number of hydrogen-bond acceptors (Lipinski definition) is 4. The van der Waals surface area contributed by atoms with Crippen molar-refractivity contribution >= 4 is 21.7 Å². The van der Waals surface area contributed by atoms with Crippen LogP contribution in [0.25, 0.3) is 0 Å². The third kappa shape index (κ3) is 3.65. The van der Waals surface area contributed by atoms with Crippen molar-refractivity contribution in [3.63, 3.8) is 0 Å². The molecule has 2 unspecified atom stereocenters. The van der Waals surface area contributed by atoms with Gasteiger partial charge < -0.3 is 10.4 Å². The highest BCUT2D eigenvalue weighted by Crippen LogP contribution is 2.25. The molecule has 1 heterocycles. The van der Waals surface area contributed by atoms with Crippen LogP contribution in [0.15, 0.2) is 10.7 Å². The van der Waals surface area contributed by atoms with Gasteiger partial charge in [0, 0.05) is 24.9 Å². The molecule has 18 heavy (non-hydrogen) atoms. The Morgan fingerprint density at radius 2 is 2.28 bits per heavy atom. The number of rotatable bonds is 5. The van der Waals surface area contributed by atoms with E-state index in [4.69, 9.17) is 0 Å². The molecule has 1 saturated carbocycles. The second-order valence-corrected chi connectivity index (χ2v) is 5.69. The molecule has 2 atom stereocenters. The van der Waals surface area contributed by atoms with Crippen LogP contribution in [0.5, 0.6) is 0 Å². The number of halogens is 1. The van der Waals surface area contributed by atoms with Crippen LogP contribution < -0.4 is 5.32 Å². The number of anilines is 1. The fourth-order valence-electron chi connectivity index (χ4n) is 2.38. The van der Waals surface area contributed by atoms with Crippen molar-refractivity contribution in [3.05, 3.63) is 16.5 Å². The summed E-state index contributed by atoms with van der Waals surface area (Å²) in [5.74, 6) is 2.06. The van der Waals surface area contributed by atoms with Gasteiger partial charge in [-0.2, -0.15) is 0 Å². The summed E-state index contributed by atoms with van der Waals surface area (Å²) >= 11 is 3.41. The van der Waals surface area contributed by atoms with Gasteiger partial charge in [0.05, 0.1) is 6.10 Å². The summed E-state index contributed by atoms with van der Waals surface area (Å²) < 4.78 is 0.815. The smallest absolute Gasteiger partial charge is 0.132 e. The van der Waals surface area contributed by atoms with Crippen LogP contribution in [-0.4, -0.2) is 27.7 Å². The highest BCUT2D eigenvalue weighted by molar-refractivity contribution is 9.10. The number of hydrogen-bond donors (Lipinski definition) is 2. The molecule has 100 valence electrons. The molecule has 0 spiro atoms. The minimum absolute atomic E-state index is 0.155. The van der Waals surface area contributed by atoms with Gasteiger partial charge >= 0.3 is 0 Å². The van der Waals surface area contributed by atoms with Crippen LogP contribution in [0.2, 0.25) is 0 Å². The van der Waals surface area contributed by atoms with Crippen LogP contribution in [0.4, 0.5) is 5.82 Å². The van der Waals surface area contributed by atoms with E-state index < -0.39 is 0 Å². The zero-order chi connectivity index (χ0) is 13.0. The first-order chi connectivity index (χ1) is 8.69. The minimum Gasteiger partial charge on any atom is -0.393 e. The Labute approximate surface area is 116 Å². The first-order valence-electron chi connectivity index (χ1n) is 6.64. The van der Waals surface area contributed by atoms with Crippen molar-refractivity contribution in [2.24, 2.45) is 5.92 Å². The molecule has 2 rings (SSSR count). The summed E-state index contributed by atoms with van der Waals surface area (Å²) in [5.41, 5.74) is 0. The molecule has 0 amide bonds. The maximum Gasteiger partial charge on any atom is 0.132 e. The maximum atomic E-state index is 9.78. The van der Waals surface area contributed by atoms with Gasteiger partial charge in [0.15, 0.2) is 0 Å². The predicted molar refractivity (Wildman–Crippen MR) is 75.6 cm³/mol. The lowest BCUT2D eigenvalue weighted by molar-refractivity contribution is 0.138. The van der Waals surface area contributed by atoms with Crippen molar-refractivity contribution in [2.45, 2.75) is 45.1 Å². The molecule has 2 N–H and O–H groups in total. The van der Waals surface area contributed by atoms with Crippen molar-refractivity contribution in [1.82, 2.24) is 9.97 Å². The Bertz CT molecular complexity index is 400. The third-order valence-corrected chi connectivity index (χ3v) is 3.79. The second kappa shape index (κ2) is 6.48. The van der Waals surface area contributed by atoms with E-state index in [1.807, 2.05) is 6.07 Å². The lowest BCUT2D eigenvalue weighted by Gasteiger charge is -2.15. The topological polar surface area (TPSA) is 58.0 Å². The van der Waals surface area contributed by atoms with E-state index in [1.165, 1.54) is 0 Å². The standard InChI is InChI=1S/C13H20BrN3O/c1-2-4-12-16-11(14)7-13(17-12)15-8-9-5-3-6-10(9)18/h7,9-10,18H,2-6,8H2,1H3,(H,15,16,17). The summed E-state index contributed by atoms with van der Waals surface area (Å²) in [6.45, 7) is 2.91. The molecular formula is C13H20BrN3O. The Morgan fingerprint density at radius 1 is 1.44 bits per heavy atom. The van der Waals surface area contributed by atoms with Crippen LogP contribution in [0.1, 0.15) is 38.4 Å². The van der Waals surface area contributed by atoms with Crippen molar-refractivity contribution in [2.75, 3.05) is 11.9 Å². The molecule has 1 aromatic rings. The van der Waals surface area contributed by atoms with Gasteiger partial charge in [-0.05, 0) is 35.2 Å². The summed E-state index contributed by atoms with van der Waals surface area (Å²) in [6, 6.07) is 1.89. The van der Waals surface area contributed by atoms with E-state index in [1.54, 1.807) is 0 Å². The number of aryl methyl sites for hydroxylation is 1. The van der Waals surface area contributed by atoms with Gasteiger partial charge in [-0.15, -0.1) is 0 Å². The maximum absolute atomic E-state index is 9.78. The molecule has 4 nitrogen and oxygen atoms in total. The Morgan fingerprint density at radius 3 is 2.94 bits per heavy atom. The molecule has 1 aliphatic carbocycles. The van der Waals surface area contributed by atoms with Crippen molar-refractivity contribution in [3.8, 4) is 0 Å². The lowest BCUT2D eigenvalue weighted by Crippen LogP contribution is -2.22. The number of nitrogens with one attached hydrogen (secondary N) is 1.